The lowest BCUT2D eigenvalue weighted by Gasteiger charge is -2.23. The Morgan fingerprint density at radius 3 is 2.67 bits per heavy atom. The van der Waals surface area contributed by atoms with Gasteiger partial charge in [-0.15, -0.1) is 11.3 Å². The summed E-state index contributed by atoms with van der Waals surface area (Å²) in [5.41, 5.74) is 3.35. The predicted octanol–water partition coefficient (Wildman–Crippen LogP) is 4.67. The Bertz CT molecular complexity index is 971. The Hall–Kier alpha value is -2.60. The number of ether oxygens (including phenoxy) is 1. The molecule has 6 heteroatoms. The van der Waals surface area contributed by atoms with E-state index in [9.17, 15) is 9.59 Å². The maximum atomic E-state index is 13.1. The zero-order valence-electron chi connectivity index (χ0n) is 16.1. The lowest BCUT2D eigenvalue weighted by Crippen LogP contribution is -2.34. The molecule has 27 heavy (non-hydrogen) atoms. The minimum absolute atomic E-state index is 0.0627. The van der Waals surface area contributed by atoms with Crippen molar-refractivity contribution >= 4 is 39.1 Å². The molecule has 0 unspecified atom stereocenters. The average molecular weight is 385 g/mol. The van der Waals surface area contributed by atoms with Crippen LogP contribution in [0.3, 0.4) is 0 Å². The van der Waals surface area contributed by atoms with Gasteiger partial charge in [-0.05, 0) is 48.1 Å². The molecule has 0 aliphatic heterocycles. The number of hydrogen-bond donors (Lipinski definition) is 0. The van der Waals surface area contributed by atoms with E-state index in [1.165, 1.54) is 24.0 Å². The molecule has 0 saturated carbocycles. The van der Waals surface area contributed by atoms with Crippen molar-refractivity contribution in [3.05, 3.63) is 53.0 Å². The van der Waals surface area contributed by atoms with Crippen LogP contribution < -0.4 is 4.90 Å². The van der Waals surface area contributed by atoms with Crippen LogP contribution in [0.25, 0.3) is 10.2 Å². The number of esters is 1. The molecule has 2 aromatic heterocycles. The summed E-state index contributed by atoms with van der Waals surface area (Å²) in [4.78, 5) is 27.0. The van der Waals surface area contributed by atoms with Crippen molar-refractivity contribution in [2.45, 2.75) is 33.2 Å². The summed E-state index contributed by atoms with van der Waals surface area (Å²) in [6.45, 7) is 6.86. The van der Waals surface area contributed by atoms with E-state index in [0.29, 0.717) is 18.2 Å². The molecule has 0 aliphatic rings. The molecule has 0 bridgehead atoms. The van der Waals surface area contributed by atoms with Gasteiger partial charge in [0.1, 0.15) is 12.2 Å². The van der Waals surface area contributed by atoms with E-state index in [4.69, 9.17) is 4.74 Å². The largest absolute Gasteiger partial charge is 0.464 e. The number of thiophene rings is 1. The summed E-state index contributed by atoms with van der Waals surface area (Å²) in [5, 5.41) is 1.95. The lowest BCUT2D eigenvalue weighted by molar-refractivity contribution is -0.119. The van der Waals surface area contributed by atoms with Gasteiger partial charge in [-0.1, -0.05) is 26.0 Å². The fourth-order valence-corrected chi connectivity index (χ4v) is 4.02. The summed E-state index contributed by atoms with van der Waals surface area (Å²) in [6.07, 6.45) is 0. The number of anilines is 1. The first-order valence-corrected chi connectivity index (χ1v) is 9.89. The molecule has 0 atom stereocenters. The highest BCUT2D eigenvalue weighted by atomic mass is 32.1. The van der Waals surface area contributed by atoms with Gasteiger partial charge >= 0.3 is 5.97 Å². The Kier molecular flexibility index (Phi) is 5.65. The summed E-state index contributed by atoms with van der Waals surface area (Å²) >= 11 is 1.54. The van der Waals surface area contributed by atoms with Gasteiger partial charge in [0.25, 0.3) is 0 Å². The maximum Gasteiger partial charge on any atom is 0.354 e. The smallest absolute Gasteiger partial charge is 0.354 e. The van der Waals surface area contributed by atoms with Crippen molar-refractivity contribution in [3.63, 3.8) is 0 Å². The molecule has 2 heterocycles. The number of methoxy groups -OCH3 is 1. The summed E-state index contributed by atoms with van der Waals surface area (Å²) in [5.74, 6) is -0.108. The zero-order valence-corrected chi connectivity index (χ0v) is 16.9. The Morgan fingerprint density at radius 2 is 2.00 bits per heavy atom. The third-order valence-corrected chi connectivity index (χ3v) is 5.53. The molecular weight excluding hydrogens is 360 g/mol. The molecule has 0 aliphatic carbocycles. The number of amides is 1. The molecule has 0 fully saturated rings. The molecule has 0 N–H and O–H groups in total. The van der Waals surface area contributed by atoms with E-state index in [1.54, 1.807) is 15.5 Å². The molecular formula is C21H24N2O3S. The summed E-state index contributed by atoms with van der Waals surface area (Å²) in [7, 11) is 1.35. The Morgan fingerprint density at radius 1 is 1.22 bits per heavy atom. The lowest BCUT2D eigenvalue weighted by atomic mass is 10.0. The van der Waals surface area contributed by atoms with E-state index in [0.717, 1.165) is 15.9 Å². The number of fused-ring (bicyclic) bond motifs is 1. The number of nitrogens with zero attached hydrogens (tertiary/aromatic N) is 2. The third-order valence-electron chi connectivity index (χ3n) is 4.68. The van der Waals surface area contributed by atoms with Crippen LogP contribution in [-0.2, 0) is 16.1 Å². The average Bonchev–Trinajstić information content (AvgIpc) is 3.24. The summed E-state index contributed by atoms with van der Waals surface area (Å²) in [6, 6.07) is 11.8. The van der Waals surface area contributed by atoms with E-state index in [1.807, 2.05) is 30.5 Å². The Balaban J connectivity index is 1.94. The van der Waals surface area contributed by atoms with Gasteiger partial charge in [0, 0.05) is 12.2 Å². The topological polar surface area (TPSA) is 51.5 Å². The van der Waals surface area contributed by atoms with Gasteiger partial charge in [0.2, 0.25) is 5.91 Å². The van der Waals surface area contributed by atoms with Crippen LogP contribution >= 0.6 is 11.3 Å². The van der Waals surface area contributed by atoms with Crippen LogP contribution in [0, 0.1) is 0 Å². The normalized spacial score (nSPS) is 11.1. The van der Waals surface area contributed by atoms with Crippen LogP contribution in [0.5, 0.6) is 0 Å². The Labute approximate surface area is 163 Å². The molecule has 142 valence electrons. The monoisotopic (exact) mass is 384 g/mol. The van der Waals surface area contributed by atoms with Gasteiger partial charge < -0.3 is 14.2 Å². The van der Waals surface area contributed by atoms with Gasteiger partial charge in [0.05, 0.1) is 17.3 Å². The second-order valence-electron chi connectivity index (χ2n) is 6.67. The fourth-order valence-electron chi connectivity index (χ4n) is 3.20. The van der Waals surface area contributed by atoms with E-state index in [2.05, 4.69) is 26.0 Å². The zero-order chi connectivity index (χ0) is 19.6. The number of aromatic nitrogens is 1. The quantitative estimate of drug-likeness (QED) is 0.581. The van der Waals surface area contributed by atoms with Gasteiger partial charge in [0.15, 0.2) is 0 Å². The molecule has 3 rings (SSSR count). The maximum absolute atomic E-state index is 13.1. The van der Waals surface area contributed by atoms with Gasteiger partial charge in [-0.25, -0.2) is 4.79 Å². The first-order chi connectivity index (χ1) is 13.0. The number of carbonyl (C=O) groups is 2. The third kappa shape index (κ3) is 3.76. The van der Waals surface area contributed by atoms with Crippen LogP contribution in [0.4, 0.5) is 5.69 Å². The van der Waals surface area contributed by atoms with Crippen molar-refractivity contribution in [2.24, 2.45) is 0 Å². The van der Waals surface area contributed by atoms with Crippen molar-refractivity contribution in [3.8, 4) is 0 Å². The highest BCUT2D eigenvalue weighted by molar-refractivity contribution is 7.17. The fraction of sp³-hybridized carbons (Fsp3) is 0.333. The van der Waals surface area contributed by atoms with Gasteiger partial charge in [-0.2, -0.15) is 0 Å². The van der Waals surface area contributed by atoms with Crippen LogP contribution in [0.2, 0.25) is 0 Å². The van der Waals surface area contributed by atoms with Crippen LogP contribution in [0.15, 0.2) is 41.8 Å². The predicted molar refractivity (Wildman–Crippen MR) is 110 cm³/mol. The summed E-state index contributed by atoms with van der Waals surface area (Å²) < 4.78 is 7.60. The molecule has 0 radical (unpaired) electrons. The van der Waals surface area contributed by atoms with Crippen molar-refractivity contribution in [2.75, 3.05) is 18.6 Å². The highest BCUT2D eigenvalue weighted by Gasteiger charge is 2.22. The molecule has 3 aromatic rings. The number of likely N-dealkylation sites (N-methyl/N-ethyl adjacent to an activating group) is 1. The molecule has 1 amide bonds. The van der Waals surface area contributed by atoms with Crippen LogP contribution in [-0.4, -0.2) is 30.1 Å². The van der Waals surface area contributed by atoms with Crippen molar-refractivity contribution < 1.29 is 14.3 Å². The first kappa shape index (κ1) is 19.2. The number of rotatable bonds is 6. The van der Waals surface area contributed by atoms with Gasteiger partial charge in [-0.3, -0.25) is 4.79 Å². The number of hydrogen-bond acceptors (Lipinski definition) is 4. The second-order valence-corrected chi connectivity index (χ2v) is 7.61. The van der Waals surface area contributed by atoms with E-state index >= 15 is 0 Å². The SMILES string of the molecule is CCN(C(=O)Cn1c(C(=O)OC)cc2sccc21)c1cccc(C(C)C)c1. The highest BCUT2D eigenvalue weighted by Crippen LogP contribution is 2.27. The van der Waals surface area contributed by atoms with Crippen LogP contribution in [0.1, 0.15) is 42.7 Å². The number of benzene rings is 1. The molecule has 1 aromatic carbocycles. The molecule has 5 nitrogen and oxygen atoms in total. The second kappa shape index (κ2) is 7.96. The van der Waals surface area contributed by atoms with Crippen molar-refractivity contribution in [1.29, 1.82) is 0 Å². The number of carbonyl (C=O) groups excluding carboxylic acids is 2. The first-order valence-electron chi connectivity index (χ1n) is 9.01. The van der Waals surface area contributed by atoms with E-state index in [-0.39, 0.29) is 12.5 Å². The minimum Gasteiger partial charge on any atom is -0.464 e. The minimum atomic E-state index is -0.434. The standard InChI is InChI=1S/C21H24N2O3S/c1-5-22(16-8-6-7-15(11-16)14(2)3)20(24)13-23-17-9-10-27-19(17)12-18(23)21(25)26-4/h6-12,14H,5,13H2,1-4H3. The molecule has 0 saturated heterocycles. The molecule has 0 spiro atoms. The van der Waals surface area contributed by atoms with E-state index < -0.39 is 5.97 Å². The van der Waals surface area contributed by atoms with Crippen molar-refractivity contribution in [1.82, 2.24) is 4.57 Å².